The Morgan fingerprint density at radius 2 is 1.67 bits per heavy atom. The molecule has 0 aliphatic heterocycles. The van der Waals surface area contributed by atoms with E-state index in [0.29, 0.717) is 0 Å². The van der Waals surface area contributed by atoms with Crippen molar-refractivity contribution in [3.8, 4) is 0 Å². The molecule has 0 spiro atoms. The average molecular weight is 286 g/mol. The van der Waals surface area contributed by atoms with Crippen LogP contribution in [0.3, 0.4) is 0 Å². The van der Waals surface area contributed by atoms with Crippen molar-refractivity contribution in [3.63, 3.8) is 0 Å². The summed E-state index contributed by atoms with van der Waals surface area (Å²) in [4.78, 5) is 28.4. The van der Waals surface area contributed by atoms with Crippen molar-refractivity contribution in [2.24, 2.45) is 17.8 Å². The smallest absolute Gasteiger partial charge is 0.324 e. The Hall–Kier alpha value is -0.320. The SMILES string of the molecule is CC(C)C(C)C[C@@H](C)C(F)(F)C(=O)CP(=O)(O)O. The Bertz CT molecular complexity index is 338. The fourth-order valence-electron chi connectivity index (χ4n) is 1.55. The molecule has 0 bridgehead atoms. The molecule has 0 radical (unpaired) electrons. The van der Waals surface area contributed by atoms with Crippen LogP contribution in [0.5, 0.6) is 0 Å². The Morgan fingerprint density at radius 1 is 1.22 bits per heavy atom. The minimum atomic E-state index is -4.74. The first-order valence-corrected chi connectivity index (χ1v) is 7.63. The first-order chi connectivity index (χ1) is 7.88. The van der Waals surface area contributed by atoms with Crippen LogP contribution in [0.15, 0.2) is 0 Å². The Balaban J connectivity index is 4.71. The van der Waals surface area contributed by atoms with Crippen molar-refractivity contribution in [2.45, 2.75) is 40.0 Å². The van der Waals surface area contributed by atoms with Crippen molar-refractivity contribution in [2.75, 3.05) is 6.16 Å². The van der Waals surface area contributed by atoms with E-state index in [1.807, 2.05) is 20.8 Å². The molecule has 0 aromatic rings. The fraction of sp³-hybridized carbons (Fsp3) is 0.909. The highest BCUT2D eigenvalue weighted by Crippen LogP contribution is 2.39. The number of ketones is 1. The summed E-state index contributed by atoms with van der Waals surface area (Å²) >= 11 is 0. The van der Waals surface area contributed by atoms with Gasteiger partial charge in [0.15, 0.2) is 0 Å². The van der Waals surface area contributed by atoms with Gasteiger partial charge in [-0.3, -0.25) is 9.36 Å². The van der Waals surface area contributed by atoms with E-state index in [1.54, 1.807) is 0 Å². The van der Waals surface area contributed by atoms with Gasteiger partial charge in [0, 0.05) is 5.92 Å². The maximum atomic E-state index is 13.7. The van der Waals surface area contributed by atoms with Gasteiger partial charge in [-0.1, -0.05) is 27.7 Å². The largest absolute Gasteiger partial charge is 0.333 e. The van der Waals surface area contributed by atoms with Crippen LogP contribution in [-0.4, -0.2) is 27.7 Å². The number of carbonyl (C=O) groups is 1. The molecule has 0 aromatic carbocycles. The maximum absolute atomic E-state index is 13.7. The predicted octanol–water partition coefficient (Wildman–Crippen LogP) is 2.69. The lowest BCUT2D eigenvalue weighted by atomic mass is 9.85. The van der Waals surface area contributed by atoms with Crippen molar-refractivity contribution >= 4 is 13.4 Å². The van der Waals surface area contributed by atoms with Crippen LogP contribution in [0.1, 0.15) is 34.1 Å². The van der Waals surface area contributed by atoms with E-state index in [4.69, 9.17) is 9.79 Å². The van der Waals surface area contributed by atoms with Crippen LogP contribution < -0.4 is 0 Å². The number of hydrogen-bond donors (Lipinski definition) is 2. The van der Waals surface area contributed by atoms with Gasteiger partial charge in [-0.2, -0.15) is 8.78 Å². The second-order valence-corrected chi connectivity index (χ2v) is 6.87. The first kappa shape index (κ1) is 17.7. The minimum Gasteiger partial charge on any atom is -0.324 e. The van der Waals surface area contributed by atoms with Gasteiger partial charge < -0.3 is 9.79 Å². The quantitative estimate of drug-likeness (QED) is 0.706. The molecule has 0 saturated heterocycles. The molecule has 18 heavy (non-hydrogen) atoms. The molecule has 2 N–H and O–H groups in total. The zero-order chi connectivity index (χ0) is 14.7. The highest BCUT2D eigenvalue weighted by atomic mass is 31.2. The van der Waals surface area contributed by atoms with Crippen LogP contribution in [0, 0.1) is 17.8 Å². The Morgan fingerprint density at radius 3 is 2.00 bits per heavy atom. The third kappa shape index (κ3) is 5.55. The van der Waals surface area contributed by atoms with Gasteiger partial charge in [-0.05, 0) is 18.3 Å². The van der Waals surface area contributed by atoms with E-state index in [2.05, 4.69) is 0 Å². The third-order valence-electron chi connectivity index (χ3n) is 3.20. The summed E-state index contributed by atoms with van der Waals surface area (Å²) < 4.78 is 37.9. The van der Waals surface area contributed by atoms with Crippen LogP contribution in [0.4, 0.5) is 8.78 Å². The first-order valence-electron chi connectivity index (χ1n) is 5.83. The molecule has 2 atom stereocenters. The fourth-order valence-corrected chi connectivity index (χ4v) is 2.13. The Labute approximate surface area is 106 Å². The number of hydrogen-bond acceptors (Lipinski definition) is 2. The summed E-state index contributed by atoms with van der Waals surface area (Å²) in [5, 5.41) is 0. The van der Waals surface area contributed by atoms with Crippen molar-refractivity contribution < 1.29 is 27.9 Å². The second kappa shape index (κ2) is 6.22. The molecule has 0 rings (SSSR count). The van der Waals surface area contributed by atoms with Crippen LogP contribution >= 0.6 is 7.60 Å². The van der Waals surface area contributed by atoms with E-state index < -0.39 is 31.4 Å². The molecule has 1 unspecified atom stereocenters. The highest BCUT2D eigenvalue weighted by Gasteiger charge is 2.46. The number of alkyl halides is 2. The summed E-state index contributed by atoms with van der Waals surface area (Å²) in [6.07, 6.45) is -1.27. The zero-order valence-corrected chi connectivity index (χ0v) is 12.0. The molecule has 0 amide bonds. The highest BCUT2D eigenvalue weighted by molar-refractivity contribution is 7.52. The summed E-state index contributed by atoms with van der Waals surface area (Å²) in [7, 11) is -4.74. The summed E-state index contributed by atoms with van der Waals surface area (Å²) in [6, 6.07) is 0. The van der Waals surface area contributed by atoms with Gasteiger partial charge in [0.05, 0.1) is 0 Å². The summed E-state index contributed by atoms with van der Waals surface area (Å²) in [6.45, 7) is 6.83. The third-order valence-corrected chi connectivity index (χ3v) is 3.90. The molecule has 4 nitrogen and oxygen atoms in total. The predicted molar refractivity (Wildman–Crippen MR) is 64.6 cm³/mol. The number of halogens is 2. The van der Waals surface area contributed by atoms with Crippen LogP contribution in [0.25, 0.3) is 0 Å². The normalized spacial score (nSPS) is 16.7. The molecule has 0 heterocycles. The topological polar surface area (TPSA) is 74.6 Å². The monoisotopic (exact) mass is 286 g/mol. The maximum Gasteiger partial charge on any atom is 0.333 e. The Kier molecular flexibility index (Phi) is 6.11. The van der Waals surface area contributed by atoms with E-state index in [-0.39, 0.29) is 18.3 Å². The number of rotatable bonds is 7. The van der Waals surface area contributed by atoms with Gasteiger partial charge in [0.1, 0.15) is 6.16 Å². The van der Waals surface area contributed by atoms with Gasteiger partial charge in [0.2, 0.25) is 5.78 Å². The zero-order valence-electron chi connectivity index (χ0n) is 11.1. The lowest BCUT2D eigenvalue weighted by Gasteiger charge is -2.26. The molecule has 7 heteroatoms. The van der Waals surface area contributed by atoms with Crippen LogP contribution in [-0.2, 0) is 9.36 Å². The number of carbonyl (C=O) groups excluding carboxylic acids is 1. The van der Waals surface area contributed by atoms with Crippen molar-refractivity contribution in [3.05, 3.63) is 0 Å². The molecule has 0 fully saturated rings. The van der Waals surface area contributed by atoms with E-state index in [1.165, 1.54) is 6.92 Å². The lowest BCUT2D eigenvalue weighted by Crippen LogP contribution is -2.38. The van der Waals surface area contributed by atoms with E-state index in [0.717, 1.165) is 0 Å². The minimum absolute atomic E-state index is 0.00809. The number of Topliss-reactive ketones (excluding diaryl/α,β-unsaturated/α-hetero) is 1. The molecule has 0 aromatic heterocycles. The molecule has 0 aliphatic rings. The van der Waals surface area contributed by atoms with Gasteiger partial charge in [-0.25, -0.2) is 0 Å². The second-order valence-electron chi connectivity index (χ2n) is 5.23. The standard InChI is InChI=1S/C11H21F2O4P/c1-7(2)8(3)5-9(4)11(12,13)10(14)6-18(15,16)17/h7-9H,5-6H2,1-4H3,(H2,15,16,17)/t8?,9-/m1/s1. The summed E-state index contributed by atoms with van der Waals surface area (Å²) in [5.74, 6) is -6.38. The average Bonchev–Trinajstić information content (AvgIpc) is 2.14. The summed E-state index contributed by atoms with van der Waals surface area (Å²) in [5.41, 5.74) is 0. The van der Waals surface area contributed by atoms with E-state index in [9.17, 15) is 18.1 Å². The lowest BCUT2D eigenvalue weighted by molar-refractivity contribution is -0.148. The van der Waals surface area contributed by atoms with E-state index >= 15 is 0 Å². The van der Waals surface area contributed by atoms with Gasteiger partial charge in [0.25, 0.3) is 0 Å². The van der Waals surface area contributed by atoms with Crippen molar-refractivity contribution in [1.29, 1.82) is 0 Å². The molecular weight excluding hydrogens is 265 g/mol. The van der Waals surface area contributed by atoms with Gasteiger partial charge >= 0.3 is 13.5 Å². The molecule has 0 saturated carbocycles. The van der Waals surface area contributed by atoms with Crippen molar-refractivity contribution in [1.82, 2.24) is 0 Å². The van der Waals surface area contributed by atoms with Crippen LogP contribution in [0.2, 0.25) is 0 Å². The molecular formula is C11H21F2O4P. The molecule has 108 valence electrons. The van der Waals surface area contributed by atoms with Gasteiger partial charge in [-0.15, -0.1) is 0 Å². The molecule has 0 aliphatic carbocycles.